The highest BCUT2D eigenvalue weighted by Crippen LogP contribution is 2.38. The summed E-state index contributed by atoms with van der Waals surface area (Å²) in [6.07, 6.45) is 2.15. The molecule has 0 unspecified atom stereocenters. The molecular weight excluding hydrogens is 270 g/mol. The van der Waals surface area contributed by atoms with Gasteiger partial charge in [0, 0.05) is 6.04 Å². The Morgan fingerprint density at radius 1 is 1.33 bits per heavy atom. The fraction of sp³-hybridized carbons (Fsp3) is 0.500. The van der Waals surface area contributed by atoms with Crippen molar-refractivity contribution in [2.45, 2.75) is 32.2 Å². The predicted octanol–water partition coefficient (Wildman–Crippen LogP) is 1.85. The zero-order valence-electron chi connectivity index (χ0n) is 12.3. The van der Waals surface area contributed by atoms with E-state index in [-0.39, 0.29) is 17.9 Å². The van der Waals surface area contributed by atoms with E-state index >= 15 is 0 Å². The van der Waals surface area contributed by atoms with Crippen LogP contribution in [0.5, 0.6) is 5.75 Å². The average Bonchev–Trinajstić information content (AvgIpc) is 3.26. The maximum absolute atomic E-state index is 11.8. The van der Waals surface area contributed by atoms with Crippen LogP contribution in [0, 0.1) is 11.8 Å². The lowest BCUT2D eigenvalue weighted by atomic mass is 10.1. The van der Waals surface area contributed by atoms with Gasteiger partial charge < -0.3 is 15.2 Å². The third kappa shape index (κ3) is 4.21. The summed E-state index contributed by atoms with van der Waals surface area (Å²) >= 11 is 0. The van der Waals surface area contributed by atoms with Crippen molar-refractivity contribution in [2.24, 2.45) is 11.8 Å². The van der Waals surface area contributed by atoms with Gasteiger partial charge in [-0.2, -0.15) is 0 Å². The predicted molar refractivity (Wildman–Crippen MR) is 78.2 cm³/mol. The van der Waals surface area contributed by atoms with Crippen molar-refractivity contribution in [3.05, 3.63) is 29.8 Å². The minimum atomic E-state index is -0.874. The van der Waals surface area contributed by atoms with Gasteiger partial charge in [-0.05, 0) is 43.9 Å². The highest BCUT2D eigenvalue weighted by Gasteiger charge is 2.48. The Balaban J connectivity index is 1.73. The number of carboxylic acid groups (broad SMARTS) is 1. The van der Waals surface area contributed by atoms with Crippen LogP contribution in [0.4, 0.5) is 0 Å². The van der Waals surface area contributed by atoms with Crippen molar-refractivity contribution >= 4 is 11.9 Å². The molecule has 1 aromatic rings. The Labute approximate surface area is 124 Å². The monoisotopic (exact) mass is 291 g/mol. The molecule has 1 aromatic carbocycles. The SMILES string of the molecule is COc1ccc(CC[C@H](C)NC(=O)[C@H]2C[C@@H]2C(=O)O)cc1. The van der Waals surface area contributed by atoms with Crippen LogP contribution in [0.25, 0.3) is 0 Å². The molecule has 1 saturated carbocycles. The molecule has 2 rings (SSSR count). The number of methoxy groups -OCH3 is 1. The summed E-state index contributed by atoms with van der Waals surface area (Å²) in [4.78, 5) is 22.6. The molecule has 0 saturated heterocycles. The first kappa shape index (κ1) is 15.4. The average molecular weight is 291 g/mol. The number of carboxylic acids is 1. The highest BCUT2D eigenvalue weighted by atomic mass is 16.5. The minimum Gasteiger partial charge on any atom is -0.497 e. The highest BCUT2D eigenvalue weighted by molar-refractivity contribution is 5.89. The van der Waals surface area contributed by atoms with Crippen molar-refractivity contribution in [1.82, 2.24) is 5.32 Å². The second-order valence-corrected chi connectivity index (χ2v) is 5.58. The van der Waals surface area contributed by atoms with Gasteiger partial charge in [-0.25, -0.2) is 0 Å². The molecule has 0 radical (unpaired) electrons. The molecule has 1 fully saturated rings. The van der Waals surface area contributed by atoms with Crippen molar-refractivity contribution in [3.63, 3.8) is 0 Å². The molecule has 114 valence electrons. The van der Waals surface area contributed by atoms with E-state index in [1.807, 2.05) is 31.2 Å². The molecule has 5 nitrogen and oxygen atoms in total. The molecule has 1 aliphatic rings. The normalized spacial score (nSPS) is 21.4. The summed E-state index contributed by atoms with van der Waals surface area (Å²) in [6, 6.07) is 7.89. The Morgan fingerprint density at radius 2 is 2.00 bits per heavy atom. The first-order valence-electron chi connectivity index (χ1n) is 7.17. The van der Waals surface area contributed by atoms with E-state index in [9.17, 15) is 9.59 Å². The number of benzene rings is 1. The first-order chi connectivity index (χ1) is 10.0. The largest absolute Gasteiger partial charge is 0.497 e. The zero-order valence-corrected chi connectivity index (χ0v) is 12.3. The Morgan fingerprint density at radius 3 is 2.52 bits per heavy atom. The van der Waals surface area contributed by atoms with E-state index in [0.29, 0.717) is 6.42 Å². The van der Waals surface area contributed by atoms with Gasteiger partial charge >= 0.3 is 5.97 Å². The van der Waals surface area contributed by atoms with Crippen LogP contribution in [-0.4, -0.2) is 30.1 Å². The number of hydrogen-bond acceptors (Lipinski definition) is 3. The number of nitrogens with one attached hydrogen (secondary N) is 1. The number of carbonyl (C=O) groups excluding carboxylic acids is 1. The van der Waals surface area contributed by atoms with E-state index in [2.05, 4.69) is 5.32 Å². The van der Waals surface area contributed by atoms with Crippen LogP contribution in [0.3, 0.4) is 0 Å². The third-order valence-corrected chi connectivity index (χ3v) is 3.86. The fourth-order valence-electron chi connectivity index (χ4n) is 2.36. The fourth-order valence-corrected chi connectivity index (χ4v) is 2.36. The number of rotatable bonds is 7. The minimum absolute atomic E-state index is 0.0367. The van der Waals surface area contributed by atoms with Crippen molar-refractivity contribution in [1.29, 1.82) is 0 Å². The number of carbonyl (C=O) groups is 2. The zero-order chi connectivity index (χ0) is 15.4. The molecule has 0 heterocycles. The maximum atomic E-state index is 11.8. The molecule has 0 aromatic heterocycles. The van der Waals surface area contributed by atoms with E-state index in [1.165, 1.54) is 5.56 Å². The quantitative estimate of drug-likeness (QED) is 0.804. The molecular formula is C16H21NO4. The van der Waals surface area contributed by atoms with Gasteiger partial charge in [-0.1, -0.05) is 12.1 Å². The van der Waals surface area contributed by atoms with Gasteiger partial charge in [0.05, 0.1) is 18.9 Å². The van der Waals surface area contributed by atoms with Crippen LogP contribution in [0.2, 0.25) is 0 Å². The summed E-state index contributed by atoms with van der Waals surface area (Å²) < 4.78 is 5.11. The van der Waals surface area contributed by atoms with Crippen LogP contribution in [0.1, 0.15) is 25.3 Å². The van der Waals surface area contributed by atoms with E-state index in [4.69, 9.17) is 9.84 Å². The number of ether oxygens (including phenoxy) is 1. The first-order valence-corrected chi connectivity index (χ1v) is 7.17. The summed E-state index contributed by atoms with van der Waals surface area (Å²) in [7, 11) is 1.63. The Bertz CT molecular complexity index is 512. The van der Waals surface area contributed by atoms with Crippen LogP contribution < -0.4 is 10.1 Å². The van der Waals surface area contributed by atoms with Gasteiger partial charge in [-0.15, -0.1) is 0 Å². The number of aryl methyl sites for hydroxylation is 1. The van der Waals surface area contributed by atoms with Gasteiger partial charge in [0.25, 0.3) is 0 Å². The van der Waals surface area contributed by atoms with Crippen LogP contribution >= 0.6 is 0 Å². The Hall–Kier alpha value is -2.04. The molecule has 1 aliphatic carbocycles. The smallest absolute Gasteiger partial charge is 0.307 e. The second-order valence-electron chi connectivity index (χ2n) is 5.58. The standard InChI is InChI=1S/C16H21NO4/c1-10(17-15(18)13-9-14(13)16(19)20)3-4-11-5-7-12(21-2)8-6-11/h5-8,10,13-14H,3-4,9H2,1-2H3,(H,17,18)(H,19,20)/t10-,13-,14-/m0/s1. The van der Waals surface area contributed by atoms with Crippen molar-refractivity contribution in [2.75, 3.05) is 7.11 Å². The van der Waals surface area contributed by atoms with Crippen LogP contribution in [-0.2, 0) is 16.0 Å². The van der Waals surface area contributed by atoms with Crippen molar-refractivity contribution in [3.8, 4) is 5.75 Å². The third-order valence-electron chi connectivity index (χ3n) is 3.86. The molecule has 1 amide bonds. The molecule has 0 bridgehead atoms. The maximum Gasteiger partial charge on any atom is 0.307 e. The lowest BCUT2D eigenvalue weighted by Crippen LogP contribution is -2.34. The number of amides is 1. The molecule has 2 N–H and O–H groups in total. The van der Waals surface area contributed by atoms with Crippen molar-refractivity contribution < 1.29 is 19.4 Å². The lowest BCUT2D eigenvalue weighted by molar-refractivity contribution is -0.140. The Kier molecular flexibility index (Phi) is 4.83. The lowest BCUT2D eigenvalue weighted by Gasteiger charge is -2.14. The number of aliphatic carboxylic acids is 1. The summed E-state index contributed by atoms with van der Waals surface area (Å²) in [5, 5.41) is 11.7. The van der Waals surface area contributed by atoms with Gasteiger partial charge in [0.1, 0.15) is 5.75 Å². The van der Waals surface area contributed by atoms with E-state index in [0.717, 1.165) is 18.6 Å². The van der Waals surface area contributed by atoms with Crippen LogP contribution in [0.15, 0.2) is 24.3 Å². The second kappa shape index (κ2) is 6.61. The molecule has 5 heteroatoms. The van der Waals surface area contributed by atoms with E-state index in [1.54, 1.807) is 7.11 Å². The number of hydrogen-bond donors (Lipinski definition) is 2. The van der Waals surface area contributed by atoms with E-state index < -0.39 is 11.9 Å². The summed E-state index contributed by atoms with van der Waals surface area (Å²) in [5.41, 5.74) is 1.19. The van der Waals surface area contributed by atoms with Gasteiger partial charge in [-0.3, -0.25) is 9.59 Å². The molecule has 21 heavy (non-hydrogen) atoms. The van der Waals surface area contributed by atoms with Gasteiger partial charge in [0.2, 0.25) is 5.91 Å². The molecule has 3 atom stereocenters. The summed E-state index contributed by atoms with van der Waals surface area (Å²) in [6.45, 7) is 1.94. The topological polar surface area (TPSA) is 75.6 Å². The molecule has 0 spiro atoms. The molecule has 0 aliphatic heterocycles. The van der Waals surface area contributed by atoms with Gasteiger partial charge in [0.15, 0.2) is 0 Å². The summed E-state index contributed by atoms with van der Waals surface area (Å²) in [5.74, 6) is -1.01.